The SMILES string of the molecule is O=C(O)C1=C(COc2ccccc2Cl)C=NS1(=O)=O. The number of ether oxygens (including phenoxy) is 1. The van der Waals surface area contributed by atoms with Crippen LogP contribution in [0.3, 0.4) is 0 Å². The quantitative estimate of drug-likeness (QED) is 0.909. The van der Waals surface area contributed by atoms with E-state index in [1.54, 1.807) is 24.3 Å². The summed E-state index contributed by atoms with van der Waals surface area (Å²) in [6.07, 6.45) is 0.968. The van der Waals surface area contributed by atoms with Gasteiger partial charge in [-0.3, -0.25) is 0 Å². The molecule has 1 aliphatic heterocycles. The zero-order valence-electron chi connectivity index (χ0n) is 9.41. The molecule has 100 valence electrons. The van der Waals surface area contributed by atoms with Crippen molar-refractivity contribution in [3.63, 3.8) is 0 Å². The van der Waals surface area contributed by atoms with Gasteiger partial charge in [0, 0.05) is 11.8 Å². The summed E-state index contributed by atoms with van der Waals surface area (Å²) in [5.74, 6) is -1.23. The minimum atomic E-state index is -4.11. The summed E-state index contributed by atoms with van der Waals surface area (Å²) in [6.45, 7) is -0.242. The van der Waals surface area contributed by atoms with E-state index < -0.39 is 20.9 Å². The van der Waals surface area contributed by atoms with Crippen LogP contribution in [0.15, 0.2) is 39.1 Å². The van der Waals surface area contributed by atoms with Gasteiger partial charge >= 0.3 is 5.97 Å². The molecule has 0 aromatic heterocycles. The fraction of sp³-hybridized carbons (Fsp3) is 0.0909. The molecule has 19 heavy (non-hydrogen) atoms. The number of carbonyl (C=O) groups is 1. The highest BCUT2D eigenvalue weighted by atomic mass is 35.5. The van der Waals surface area contributed by atoms with Gasteiger partial charge in [0.2, 0.25) is 0 Å². The van der Waals surface area contributed by atoms with E-state index in [1.165, 1.54) is 0 Å². The Balaban J connectivity index is 2.24. The maximum absolute atomic E-state index is 11.4. The third kappa shape index (κ3) is 2.77. The Bertz CT molecular complexity index is 693. The Morgan fingerprint density at radius 1 is 1.37 bits per heavy atom. The second kappa shape index (κ2) is 5.02. The number of nitrogens with zero attached hydrogens (tertiary/aromatic N) is 1. The molecule has 8 heteroatoms. The van der Waals surface area contributed by atoms with Crippen molar-refractivity contribution in [3.05, 3.63) is 39.8 Å². The Morgan fingerprint density at radius 2 is 2.05 bits per heavy atom. The molecular formula is C11H8ClNO5S. The van der Waals surface area contributed by atoms with Crippen molar-refractivity contribution in [1.29, 1.82) is 0 Å². The van der Waals surface area contributed by atoms with Crippen LogP contribution in [-0.2, 0) is 14.8 Å². The zero-order chi connectivity index (χ0) is 14.0. The molecule has 0 aliphatic carbocycles. The number of aliphatic carboxylic acids is 1. The van der Waals surface area contributed by atoms with Crippen LogP contribution < -0.4 is 4.74 Å². The molecule has 1 aromatic carbocycles. The van der Waals surface area contributed by atoms with Crippen molar-refractivity contribution in [2.75, 3.05) is 6.61 Å². The van der Waals surface area contributed by atoms with Crippen LogP contribution in [0.1, 0.15) is 0 Å². The van der Waals surface area contributed by atoms with Gasteiger partial charge in [-0.1, -0.05) is 23.7 Å². The lowest BCUT2D eigenvalue weighted by atomic mass is 10.3. The molecule has 0 spiro atoms. The molecule has 6 nitrogen and oxygen atoms in total. The average Bonchev–Trinajstić information content (AvgIpc) is 2.63. The number of sulfonamides is 1. The van der Waals surface area contributed by atoms with Crippen LogP contribution in [0.5, 0.6) is 5.75 Å². The molecular weight excluding hydrogens is 294 g/mol. The molecule has 1 heterocycles. The van der Waals surface area contributed by atoms with E-state index in [4.69, 9.17) is 21.4 Å². The minimum absolute atomic E-state index is 0.0209. The van der Waals surface area contributed by atoms with Gasteiger partial charge in [-0.05, 0) is 12.1 Å². The standard InChI is InChI=1S/C11H8ClNO5S/c12-8-3-1-2-4-9(8)18-6-7-5-13-19(16,17)10(7)11(14)15/h1-5H,6H2,(H,14,15). The van der Waals surface area contributed by atoms with Crippen LogP contribution in [0.25, 0.3) is 0 Å². The number of rotatable bonds is 4. The van der Waals surface area contributed by atoms with Crippen LogP contribution in [-0.4, -0.2) is 32.3 Å². The van der Waals surface area contributed by atoms with E-state index in [-0.39, 0.29) is 12.2 Å². The van der Waals surface area contributed by atoms with Gasteiger partial charge in [-0.15, -0.1) is 0 Å². The number of hydrogen-bond donors (Lipinski definition) is 1. The Morgan fingerprint density at radius 3 is 2.68 bits per heavy atom. The van der Waals surface area contributed by atoms with E-state index in [9.17, 15) is 13.2 Å². The molecule has 1 aromatic rings. The van der Waals surface area contributed by atoms with Gasteiger partial charge in [0.1, 0.15) is 12.4 Å². The molecule has 0 bridgehead atoms. The molecule has 0 atom stereocenters. The average molecular weight is 302 g/mol. The number of carboxylic acids is 1. The third-order valence-electron chi connectivity index (χ3n) is 2.31. The summed E-state index contributed by atoms with van der Waals surface area (Å²) < 4.78 is 31.2. The Hall–Kier alpha value is -1.86. The molecule has 0 radical (unpaired) electrons. The van der Waals surface area contributed by atoms with E-state index in [1.807, 2.05) is 0 Å². The van der Waals surface area contributed by atoms with E-state index in [0.29, 0.717) is 10.8 Å². The lowest BCUT2D eigenvalue weighted by Crippen LogP contribution is -2.13. The molecule has 0 fully saturated rings. The first-order valence-corrected chi connectivity index (χ1v) is 6.88. The maximum Gasteiger partial charge on any atom is 0.349 e. The molecule has 0 saturated carbocycles. The highest BCUT2D eigenvalue weighted by molar-refractivity contribution is 7.95. The molecule has 1 N–H and O–H groups in total. The predicted octanol–water partition coefficient (Wildman–Crippen LogP) is 1.47. The van der Waals surface area contributed by atoms with E-state index >= 15 is 0 Å². The monoisotopic (exact) mass is 301 g/mol. The van der Waals surface area contributed by atoms with Gasteiger partial charge in [0.05, 0.1) is 5.02 Å². The summed E-state index contributed by atoms with van der Waals surface area (Å²) in [7, 11) is -4.11. The summed E-state index contributed by atoms with van der Waals surface area (Å²) in [6, 6.07) is 6.58. The van der Waals surface area contributed by atoms with E-state index in [2.05, 4.69) is 4.40 Å². The summed E-state index contributed by atoms with van der Waals surface area (Å²) >= 11 is 5.86. The van der Waals surface area contributed by atoms with Crippen molar-refractivity contribution < 1.29 is 23.1 Å². The van der Waals surface area contributed by atoms with Crippen molar-refractivity contribution in [1.82, 2.24) is 0 Å². The van der Waals surface area contributed by atoms with Gasteiger partial charge < -0.3 is 9.84 Å². The maximum atomic E-state index is 11.4. The number of hydrogen-bond acceptors (Lipinski definition) is 4. The molecule has 2 rings (SSSR count). The number of carboxylic acid groups (broad SMARTS) is 1. The highest BCUT2D eigenvalue weighted by Crippen LogP contribution is 2.25. The zero-order valence-corrected chi connectivity index (χ0v) is 11.0. The smallest absolute Gasteiger partial charge is 0.349 e. The van der Waals surface area contributed by atoms with Crippen LogP contribution in [0.4, 0.5) is 0 Å². The summed E-state index contributed by atoms with van der Waals surface area (Å²) in [4.78, 5) is 10.1. The van der Waals surface area contributed by atoms with Crippen molar-refractivity contribution >= 4 is 33.8 Å². The number of para-hydroxylation sites is 1. The molecule has 0 amide bonds. The van der Waals surface area contributed by atoms with Gasteiger partial charge in [0.25, 0.3) is 10.0 Å². The van der Waals surface area contributed by atoms with Crippen molar-refractivity contribution in [2.45, 2.75) is 0 Å². The fourth-order valence-electron chi connectivity index (χ4n) is 1.48. The number of benzene rings is 1. The van der Waals surface area contributed by atoms with Gasteiger partial charge in [-0.2, -0.15) is 12.8 Å². The first-order chi connectivity index (χ1) is 8.92. The van der Waals surface area contributed by atoms with Crippen LogP contribution in [0, 0.1) is 0 Å². The fourth-order valence-corrected chi connectivity index (χ4v) is 2.70. The number of halogens is 1. The Kier molecular flexibility index (Phi) is 3.59. The van der Waals surface area contributed by atoms with Crippen molar-refractivity contribution in [2.24, 2.45) is 4.40 Å². The molecule has 0 unspecified atom stereocenters. The Labute approximate surface area is 114 Å². The van der Waals surface area contributed by atoms with Gasteiger partial charge in [-0.25, -0.2) is 4.79 Å². The topological polar surface area (TPSA) is 93.0 Å². The van der Waals surface area contributed by atoms with Gasteiger partial charge in [0.15, 0.2) is 4.91 Å². The first kappa shape index (κ1) is 13.6. The van der Waals surface area contributed by atoms with E-state index in [0.717, 1.165) is 6.21 Å². The first-order valence-electron chi connectivity index (χ1n) is 5.06. The minimum Gasteiger partial charge on any atom is -0.487 e. The predicted molar refractivity (Wildman–Crippen MR) is 69.0 cm³/mol. The second-order valence-electron chi connectivity index (χ2n) is 3.59. The largest absolute Gasteiger partial charge is 0.487 e. The molecule has 1 aliphatic rings. The normalized spacial score (nSPS) is 16.7. The summed E-state index contributed by atoms with van der Waals surface area (Å²) in [5.41, 5.74) is -0.0209. The summed E-state index contributed by atoms with van der Waals surface area (Å²) in [5, 5.41) is 9.22. The highest BCUT2D eigenvalue weighted by Gasteiger charge is 2.32. The second-order valence-corrected chi connectivity index (χ2v) is 5.56. The van der Waals surface area contributed by atoms with Crippen LogP contribution >= 0.6 is 11.6 Å². The van der Waals surface area contributed by atoms with Crippen LogP contribution in [0.2, 0.25) is 5.02 Å². The van der Waals surface area contributed by atoms with Crippen molar-refractivity contribution in [3.8, 4) is 5.75 Å². The third-order valence-corrected chi connectivity index (χ3v) is 3.96. The lowest BCUT2D eigenvalue weighted by molar-refractivity contribution is -0.131. The molecule has 0 saturated heterocycles. The lowest BCUT2D eigenvalue weighted by Gasteiger charge is -2.07.